The lowest BCUT2D eigenvalue weighted by molar-refractivity contribution is 0.0383. The molecule has 0 aliphatic rings. The molecule has 0 unspecified atom stereocenters. The summed E-state index contributed by atoms with van der Waals surface area (Å²) >= 11 is 0. The highest BCUT2D eigenvalue weighted by molar-refractivity contribution is 4.95. The maximum atomic E-state index is 10.1. The quantitative estimate of drug-likeness (QED) is 0.485. The highest BCUT2D eigenvalue weighted by Gasteiger charge is 2.22. The van der Waals surface area contributed by atoms with Crippen LogP contribution < -0.4 is 0 Å². The lowest BCUT2D eigenvalue weighted by atomic mass is 9.90. The fourth-order valence-corrected chi connectivity index (χ4v) is 1.37. The van der Waals surface area contributed by atoms with Crippen LogP contribution in [-0.2, 0) is 0 Å². The molecule has 2 heteroatoms. The lowest BCUT2D eigenvalue weighted by Crippen LogP contribution is -2.26. The van der Waals surface area contributed by atoms with Gasteiger partial charge in [-0.25, -0.2) is 0 Å². The molecule has 0 heterocycles. The van der Waals surface area contributed by atoms with Gasteiger partial charge in [-0.15, -0.1) is 13.2 Å². The standard InChI is InChI=1S/C12H20O2/c1-4-8-12(14,9-5-2)10-6-7-11(3)13/h4-5,7,13-14H,1-2,6,8-10H2,3H3/b11-7-. The van der Waals surface area contributed by atoms with Gasteiger partial charge in [0.05, 0.1) is 11.4 Å². The van der Waals surface area contributed by atoms with Gasteiger partial charge in [0, 0.05) is 0 Å². The van der Waals surface area contributed by atoms with Gasteiger partial charge in [-0.3, -0.25) is 0 Å². The summed E-state index contributed by atoms with van der Waals surface area (Å²) in [5.74, 6) is 0.296. The molecule has 0 aromatic heterocycles. The van der Waals surface area contributed by atoms with Gasteiger partial charge in [-0.1, -0.05) is 12.2 Å². The van der Waals surface area contributed by atoms with E-state index in [1.54, 1.807) is 25.2 Å². The Bertz CT molecular complexity index is 202. The van der Waals surface area contributed by atoms with Gasteiger partial charge in [0.15, 0.2) is 0 Å². The van der Waals surface area contributed by atoms with Gasteiger partial charge < -0.3 is 10.2 Å². The summed E-state index contributed by atoms with van der Waals surface area (Å²) in [5.41, 5.74) is -0.755. The maximum Gasteiger partial charge on any atom is 0.0852 e. The van der Waals surface area contributed by atoms with Crippen molar-refractivity contribution in [2.24, 2.45) is 0 Å². The zero-order valence-corrected chi connectivity index (χ0v) is 8.87. The Morgan fingerprint density at radius 2 is 1.79 bits per heavy atom. The van der Waals surface area contributed by atoms with E-state index in [-0.39, 0.29) is 0 Å². The largest absolute Gasteiger partial charge is 0.513 e. The van der Waals surface area contributed by atoms with Crippen LogP contribution in [0, 0.1) is 0 Å². The van der Waals surface area contributed by atoms with E-state index in [1.165, 1.54) is 0 Å². The van der Waals surface area contributed by atoms with Gasteiger partial charge in [0.1, 0.15) is 0 Å². The summed E-state index contributed by atoms with van der Waals surface area (Å²) in [6.45, 7) is 8.85. The first-order chi connectivity index (χ1) is 6.54. The van der Waals surface area contributed by atoms with Crippen LogP contribution in [0.25, 0.3) is 0 Å². The summed E-state index contributed by atoms with van der Waals surface area (Å²) in [6.07, 6.45) is 7.51. The fourth-order valence-electron chi connectivity index (χ4n) is 1.37. The van der Waals surface area contributed by atoms with E-state index < -0.39 is 5.60 Å². The second-order valence-electron chi connectivity index (χ2n) is 3.59. The molecule has 0 fully saturated rings. The number of aliphatic hydroxyl groups is 2. The molecule has 14 heavy (non-hydrogen) atoms. The summed E-state index contributed by atoms with van der Waals surface area (Å²) in [7, 11) is 0. The molecular weight excluding hydrogens is 176 g/mol. The van der Waals surface area contributed by atoms with Crippen molar-refractivity contribution in [1.29, 1.82) is 0 Å². The number of hydrogen-bond donors (Lipinski definition) is 2. The Kier molecular flexibility index (Phi) is 5.97. The summed E-state index contributed by atoms with van der Waals surface area (Å²) < 4.78 is 0. The predicted molar refractivity (Wildman–Crippen MR) is 60.2 cm³/mol. The number of aliphatic hydroxyl groups excluding tert-OH is 1. The second kappa shape index (κ2) is 6.44. The minimum absolute atomic E-state index is 0.296. The molecule has 0 bridgehead atoms. The van der Waals surface area contributed by atoms with Crippen molar-refractivity contribution in [2.75, 3.05) is 0 Å². The molecule has 2 nitrogen and oxygen atoms in total. The molecule has 0 aliphatic carbocycles. The van der Waals surface area contributed by atoms with Crippen molar-refractivity contribution in [3.63, 3.8) is 0 Å². The molecule has 0 aliphatic heterocycles. The van der Waals surface area contributed by atoms with Crippen LogP contribution in [0.1, 0.15) is 32.6 Å². The van der Waals surface area contributed by atoms with Gasteiger partial charge in [0.2, 0.25) is 0 Å². The highest BCUT2D eigenvalue weighted by Crippen LogP contribution is 2.23. The predicted octanol–water partition coefficient (Wildman–Crippen LogP) is 3.11. The normalized spacial score (nSPS) is 12.6. The van der Waals surface area contributed by atoms with Crippen LogP contribution in [0.15, 0.2) is 37.1 Å². The van der Waals surface area contributed by atoms with Crippen molar-refractivity contribution < 1.29 is 10.2 Å². The Balaban J connectivity index is 4.14. The first-order valence-corrected chi connectivity index (χ1v) is 4.84. The molecule has 0 radical (unpaired) electrons. The molecule has 0 amide bonds. The molecule has 80 valence electrons. The zero-order chi connectivity index (χ0) is 11.0. The number of hydrogen-bond acceptors (Lipinski definition) is 2. The lowest BCUT2D eigenvalue weighted by Gasteiger charge is -2.24. The van der Waals surface area contributed by atoms with Crippen molar-refractivity contribution in [3.8, 4) is 0 Å². The minimum Gasteiger partial charge on any atom is -0.513 e. The number of allylic oxidation sites excluding steroid dienone is 2. The van der Waals surface area contributed by atoms with Crippen molar-refractivity contribution in [2.45, 2.75) is 38.2 Å². The average molecular weight is 196 g/mol. The van der Waals surface area contributed by atoms with Crippen molar-refractivity contribution >= 4 is 0 Å². The van der Waals surface area contributed by atoms with Gasteiger partial charge in [-0.05, 0) is 38.7 Å². The van der Waals surface area contributed by atoms with E-state index in [0.717, 1.165) is 0 Å². The smallest absolute Gasteiger partial charge is 0.0852 e. The third-order valence-electron chi connectivity index (χ3n) is 2.10. The van der Waals surface area contributed by atoms with Gasteiger partial charge in [0.25, 0.3) is 0 Å². The topological polar surface area (TPSA) is 40.5 Å². The molecule has 0 aromatic rings. The summed E-state index contributed by atoms with van der Waals surface area (Å²) in [6, 6.07) is 0. The zero-order valence-electron chi connectivity index (χ0n) is 8.87. The Morgan fingerprint density at radius 1 is 1.29 bits per heavy atom. The van der Waals surface area contributed by atoms with E-state index in [2.05, 4.69) is 13.2 Å². The van der Waals surface area contributed by atoms with E-state index in [4.69, 9.17) is 5.11 Å². The van der Waals surface area contributed by atoms with Crippen molar-refractivity contribution in [3.05, 3.63) is 37.1 Å². The van der Waals surface area contributed by atoms with Gasteiger partial charge in [-0.2, -0.15) is 0 Å². The molecule has 0 aromatic carbocycles. The second-order valence-corrected chi connectivity index (χ2v) is 3.59. The Labute approximate surface area is 86.3 Å². The third kappa shape index (κ3) is 5.60. The average Bonchev–Trinajstić information content (AvgIpc) is 2.03. The number of rotatable bonds is 7. The summed E-state index contributed by atoms with van der Waals surface area (Å²) in [5, 5.41) is 19.0. The molecule has 0 saturated heterocycles. The SMILES string of the molecule is C=CCC(O)(CC=C)CC/C=C(/C)O. The molecule has 0 spiro atoms. The molecule has 0 rings (SSSR count). The third-order valence-corrected chi connectivity index (χ3v) is 2.10. The van der Waals surface area contributed by atoms with Crippen LogP contribution in [0.4, 0.5) is 0 Å². The van der Waals surface area contributed by atoms with Crippen LogP contribution >= 0.6 is 0 Å². The van der Waals surface area contributed by atoms with Crippen LogP contribution in [0.3, 0.4) is 0 Å². The molecule has 2 N–H and O–H groups in total. The van der Waals surface area contributed by atoms with Crippen molar-refractivity contribution in [1.82, 2.24) is 0 Å². The Morgan fingerprint density at radius 3 is 2.14 bits per heavy atom. The van der Waals surface area contributed by atoms with Crippen LogP contribution in [0.2, 0.25) is 0 Å². The first kappa shape index (κ1) is 13.0. The molecule has 0 atom stereocenters. The summed E-state index contributed by atoms with van der Waals surface area (Å²) in [4.78, 5) is 0. The monoisotopic (exact) mass is 196 g/mol. The van der Waals surface area contributed by atoms with E-state index in [1.807, 2.05) is 0 Å². The first-order valence-electron chi connectivity index (χ1n) is 4.84. The van der Waals surface area contributed by atoms with Gasteiger partial charge >= 0.3 is 0 Å². The van der Waals surface area contributed by atoms with Crippen LogP contribution in [0.5, 0.6) is 0 Å². The minimum atomic E-state index is -0.755. The highest BCUT2D eigenvalue weighted by atomic mass is 16.3. The molecular formula is C12H20O2. The van der Waals surface area contributed by atoms with E-state index >= 15 is 0 Å². The van der Waals surface area contributed by atoms with Crippen LogP contribution in [-0.4, -0.2) is 15.8 Å². The fraction of sp³-hybridized carbons (Fsp3) is 0.500. The maximum absolute atomic E-state index is 10.1. The van der Waals surface area contributed by atoms with E-state index in [0.29, 0.717) is 31.4 Å². The molecule has 0 saturated carbocycles. The Hall–Kier alpha value is -1.02. The van der Waals surface area contributed by atoms with E-state index in [9.17, 15) is 5.11 Å².